The van der Waals surface area contributed by atoms with Crippen LogP contribution in [0.25, 0.3) is 33.3 Å². The highest BCUT2D eigenvalue weighted by Crippen LogP contribution is 2.28. The van der Waals surface area contributed by atoms with Crippen LogP contribution in [0.1, 0.15) is 35.7 Å². The van der Waals surface area contributed by atoms with Crippen molar-refractivity contribution in [3.8, 4) is 11.5 Å². The van der Waals surface area contributed by atoms with Crippen LogP contribution in [-0.4, -0.2) is 10.9 Å². The van der Waals surface area contributed by atoms with Gasteiger partial charge in [-0.1, -0.05) is 62.4 Å². The Bertz CT molecular complexity index is 1390. The van der Waals surface area contributed by atoms with Crippen molar-refractivity contribution in [3.05, 3.63) is 96.1 Å². The van der Waals surface area contributed by atoms with Gasteiger partial charge in [-0.15, -0.1) is 0 Å². The molecule has 1 amide bonds. The second-order valence-electron chi connectivity index (χ2n) is 7.96. The first-order valence-electron chi connectivity index (χ1n) is 10.4. The third-order valence-electron chi connectivity index (χ3n) is 5.50. The van der Waals surface area contributed by atoms with Gasteiger partial charge in [-0.3, -0.25) is 4.79 Å². The predicted molar refractivity (Wildman–Crippen MR) is 125 cm³/mol. The molecule has 5 aromatic rings. The third-order valence-corrected chi connectivity index (χ3v) is 5.50. The summed E-state index contributed by atoms with van der Waals surface area (Å²) < 4.78 is 5.93. The monoisotopic (exact) mass is 406 g/mol. The second kappa shape index (κ2) is 7.73. The molecule has 0 spiro atoms. The van der Waals surface area contributed by atoms with Crippen LogP contribution < -0.4 is 5.32 Å². The molecule has 0 unspecified atom stereocenters. The lowest BCUT2D eigenvalue weighted by molar-refractivity contribution is 0.102. The lowest BCUT2D eigenvalue weighted by atomic mass is 10.0. The average Bonchev–Trinajstić information content (AvgIpc) is 3.22. The van der Waals surface area contributed by atoms with Crippen LogP contribution in [0.2, 0.25) is 0 Å². The summed E-state index contributed by atoms with van der Waals surface area (Å²) in [5.41, 5.74) is 4.93. The molecule has 0 saturated carbocycles. The van der Waals surface area contributed by atoms with Crippen molar-refractivity contribution >= 4 is 33.5 Å². The minimum Gasteiger partial charge on any atom is -0.436 e. The Hall–Kier alpha value is -3.92. The Morgan fingerprint density at radius 3 is 2.48 bits per heavy atom. The zero-order valence-corrected chi connectivity index (χ0v) is 17.4. The molecule has 0 aliphatic rings. The number of carbonyl (C=O) groups excluding carboxylic acids is 1. The van der Waals surface area contributed by atoms with Crippen molar-refractivity contribution in [2.24, 2.45) is 0 Å². The lowest BCUT2D eigenvalue weighted by Gasteiger charge is -2.08. The van der Waals surface area contributed by atoms with E-state index in [1.54, 1.807) is 0 Å². The first-order valence-corrected chi connectivity index (χ1v) is 10.4. The smallest absolute Gasteiger partial charge is 0.256 e. The molecule has 0 fully saturated rings. The Labute approximate surface area is 180 Å². The fourth-order valence-electron chi connectivity index (χ4n) is 3.76. The van der Waals surface area contributed by atoms with Gasteiger partial charge in [-0.2, -0.15) is 0 Å². The van der Waals surface area contributed by atoms with E-state index in [2.05, 4.69) is 36.3 Å². The summed E-state index contributed by atoms with van der Waals surface area (Å²) in [7, 11) is 0. The van der Waals surface area contributed by atoms with Crippen molar-refractivity contribution in [1.82, 2.24) is 4.98 Å². The van der Waals surface area contributed by atoms with Gasteiger partial charge in [0, 0.05) is 16.8 Å². The number of hydrogen-bond acceptors (Lipinski definition) is 3. The molecule has 0 atom stereocenters. The molecule has 0 aliphatic carbocycles. The van der Waals surface area contributed by atoms with E-state index in [1.165, 1.54) is 5.56 Å². The van der Waals surface area contributed by atoms with Crippen LogP contribution in [0.4, 0.5) is 5.69 Å². The molecule has 1 aromatic heterocycles. The molecule has 4 aromatic carbocycles. The van der Waals surface area contributed by atoms with Gasteiger partial charge in [0.25, 0.3) is 5.91 Å². The molecule has 4 heteroatoms. The molecule has 152 valence electrons. The van der Waals surface area contributed by atoms with E-state index in [0.717, 1.165) is 16.3 Å². The number of amides is 1. The van der Waals surface area contributed by atoms with E-state index in [0.29, 0.717) is 34.2 Å². The van der Waals surface area contributed by atoms with Gasteiger partial charge in [0.15, 0.2) is 5.58 Å². The Kier molecular flexibility index (Phi) is 4.75. The molecule has 1 N–H and O–H groups in total. The SMILES string of the molecule is CC(C)c1ccc(-c2nc3cc(NC(=O)c4cccc5ccccc45)ccc3o2)cc1. The van der Waals surface area contributed by atoms with E-state index in [4.69, 9.17) is 4.42 Å². The number of nitrogens with one attached hydrogen (secondary N) is 1. The number of fused-ring (bicyclic) bond motifs is 2. The average molecular weight is 406 g/mol. The fourth-order valence-corrected chi connectivity index (χ4v) is 3.76. The quantitative estimate of drug-likeness (QED) is 0.349. The Balaban J connectivity index is 1.43. The standard InChI is InChI=1S/C27H22N2O2/c1-17(2)18-10-12-20(13-11-18)27-29-24-16-21(14-15-25(24)31-27)28-26(30)23-9-5-7-19-6-3-4-8-22(19)23/h3-17H,1-2H3,(H,28,30). The Morgan fingerprint density at radius 1 is 0.903 bits per heavy atom. The number of oxazole rings is 1. The first-order chi connectivity index (χ1) is 15.1. The van der Waals surface area contributed by atoms with Gasteiger partial charge in [-0.25, -0.2) is 4.98 Å². The first kappa shape index (κ1) is 19.1. The van der Waals surface area contributed by atoms with Gasteiger partial charge < -0.3 is 9.73 Å². The maximum Gasteiger partial charge on any atom is 0.256 e. The van der Waals surface area contributed by atoms with Crippen LogP contribution in [0.5, 0.6) is 0 Å². The second-order valence-corrected chi connectivity index (χ2v) is 7.96. The molecule has 31 heavy (non-hydrogen) atoms. The maximum atomic E-state index is 12.9. The molecular formula is C27H22N2O2. The van der Waals surface area contributed by atoms with Crippen molar-refractivity contribution < 1.29 is 9.21 Å². The van der Waals surface area contributed by atoms with E-state index >= 15 is 0 Å². The molecule has 4 nitrogen and oxygen atoms in total. The summed E-state index contributed by atoms with van der Waals surface area (Å²) in [6.45, 7) is 4.34. The van der Waals surface area contributed by atoms with Crippen molar-refractivity contribution in [3.63, 3.8) is 0 Å². The molecule has 0 aliphatic heterocycles. The van der Waals surface area contributed by atoms with Crippen molar-refractivity contribution in [2.75, 3.05) is 5.32 Å². The molecular weight excluding hydrogens is 384 g/mol. The van der Waals surface area contributed by atoms with Crippen LogP contribution in [-0.2, 0) is 0 Å². The highest BCUT2D eigenvalue weighted by molar-refractivity contribution is 6.13. The summed E-state index contributed by atoms with van der Waals surface area (Å²) in [4.78, 5) is 17.6. The molecule has 0 radical (unpaired) electrons. The lowest BCUT2D eigenvalue weighted by Crippen LogP contribution is -2.12. The van der Waals surface area contributed by atoms with E-state index in [1.807, 2.05) is 72.8 Å². The fraction of sp³-hybridized carbons (Fsp3) is 0.111. The Morgan fingerprint density at radius 2 is 1.68 bits per heavy atom. The summed E-state index contributed by atoms with van der Waals surface area (Å²) in [6, 6.07) is 27.4. The van der Waals surface area contributed by atoms with Gasteiger partial charge >= 0.3 is 0 Å². The van der Waals surface area contributed by atoms with Gasteiger partial charge in [0.2, 0.25) is 5.89 Å². The largest absolute Gasteiger partial charge is 0.436 e. The van der Waals surface area contributed by atoms with Gasteiger partial charge in [0.1, 0.15) is 5.52 Å². The molecule has 5 rings (SSSR count). The number of aromatic nitrogens is 1. The van der Waals surface area contributed by atoms with E-state index in [-0.39, 0.29) is 5.91 Å². The zero-order valence-electron chi connectivity index (χ0n) is 17.4. The van der Waals surface area contributed by atoms with Gasteiger partial charge in [0.05, 0.1) is 0 Å². The highest BCUT2D eigenvalue weighted by Gasteiger charge is 2.13. The summed E-state index contributed by atoms with van der Waals surface area (Å²) in [5, 5.41) is 4.96. The van der Waals surface area contributed by atoms with Crippen LogP contribution in [0.3, 0.4) is 0 Å². The van der Waals surface area contributed by atoms with E-state index in [9.17, 15) is 4.79 Å². The maximum absolute atomic E-state index is 12.9. The van der Waals surface area contributed by atoms with E-state index < -0.39 is 0 Å². The number of hydrogen-bond donors (Lipinski definition) is 1. The summed E-state index contributed by atoms with van der Waals surface area (Å²) in [6.07, 6.45) is 0. The van der Waals surface area contributed by atoms with Crippen molar-refractivity contribution in [1.29, 1.82) is 0 Å². The van der Waals surface area contributed by atoms with Gasteiger partial charge in [-0.05, 0) is 58.7 Å². The minimum absolute atomic E-state index is 0.149. The highest BCUT2D eigenvalue weighted by atomic mass is 16.3. The number of benzene rings is 4. The molecule has 0 saturated heterocycles. The number of nitrogens with zero attached hydrogens (tertiary/aromatic N) is 1. The van der Waals surface area contributed by atoms with Crippen molar-refractivity contribution in [2.45, 2.75) is 19.8 Å². The van der Waals surface area contributed by atoms with Crippen LogP contribution >= 0.6 is 0 Å². The third kappa shape index (κ3) is 3.68. The minimum atomic E-state index is -0.149. The topological polar surface area (TPSA) is 55.1 Å². The summed E-state index contributed by atoms with van der Waals surface area (Å²) >= 11 is 0. The number of rotatable bonds is 4. The number of anilines is 1. The molecule has 1 heterocycles. The van der Waals surface area contributed by atoms with Crippen LogP contribution in [0, 0.1) is 0 Å². The number of carbonyl (C=O) groups is 1. The van der Waals surface area contributed by atoms with Crippen LogP contribution in [0.15, 0.2) is 89.3 Å². The normalized spacial score (nSPS) is 11.3. The predicted octanol–water partition coefficient (Wildman–Crippen LogP) is 7.02. The molecule has 0 bridgehead atoms. The zero-order chi connectivity index (χ0) is 21.4. The summed E-state index contributed by atoms with van der Waals surface area (Å²) in [5.74, 6) is 0.901.